The predicted octanol–water partition coefficient (Wildman–Crippen LogP) is 0.443. The third kappa shape index (κ3) is 5.08. The Morgan fingerprint density at radius 1 is 1.19 bits per heavy atom. The van der Waals surface area contributed by atoms with Crippen LogP contribution in [0.1, 0.15) is 26.3 Å². The lowest BCUT2D eigenvalue weighted by Crippen LogP contribution is -2.49. The Morgan fingerprint density at radius 3 is 2.48 bits per heavy atom. The molecule has 2 aliphatic rings. The van der Waals surface area contributed by atoms with Crippen LogP contribution in [0.15, 0.2) is 23.1 Å². The number of nitrogens with one attached hydrogen (secondary N) is 1. The average Bonchev–Trinajstić information content (AvgIpc) is 3.14. The van der Waals surface area contributed by atoms with Crippen molar-refractivity contribution in [3.63, 3.8) is 0 Å². The number of benzene rings is 1. The highest BCUT2D eigenvalue weighted by Gasteiger charge is 2.38. The molecule has 1 atom stereocenters. The number of amides is 2. The largest absolute Gasteiger partial charge is 0.379 e. The Balaban J connectivity index is 1.73. The molecular formula is C21H32N4O5S. The van der Waals surface area contributed by atoms with Crippen LogP contribution in [-0.4, -0.2) is 88.0 Å². The number of carbonyl (C=O) groups is 2. The van der Waals surface area contributed by atoms with Gasteiger partial charge < -0.3 is 10.1 Å². The van der Waals surface area contributed by atoms with Gasteiger partial charge in [-0.25, -0.2) is 8.42 Å². The summed E-state index contributed by atoms with van der Waals surface area (Å²) in [6, 6.07) is 4.07. The van der Waals surface area contributed by atoms with Crippen molar-refractivity contribution in [1.29, 1.82) is 0 Å². The number of hydrogen-bond donors (Lipinski definition) is 1. The van der Waals surface area contributed by atoms with E-state index in [-0.39, 0.29) is 16.7 Å². The first kappa shape index (κ1) is 23.6. The van der Waals surface area contributed by atoms with E-state index in [1.165, 1.54) is 22.2 Å². The van der Waals surface area contributed by atoms with Crippen LogP contribution in [0.2, 0.25) is 0 Å². The molecule has 0 unspecified atom stereocenters. The Hall–Kier alpha value is -2.01. The predicted molar refractivity (Wildman–Crippen MR) is 117 cm³/mol. The molecule has 0 aliphatic carbocycles. The first-order valence-electron chi connectivity index (χ1n) is 10.8. The summed E-state index contributed by atoms with van der Waals surface area (Å²) < 4.78 is 32.5. The number of anilines is 1. The van der Waals surface area contributed by atoms with E-state index >= 15 is 0 Å². The summed E-state index contributed by atoms with van der Waals surface area (Å²) in [4.78, 5) is 29.1. The van der Waals surface area contributed by atoms with Crippen molar-refractivity contribution in [3.05, 3.63) is 23.8 Å². The van der Waals surface area contributed by atoms with Gasteiger partial charge in [0.05, 0.1) is 18.1 Å². The Bertz CT molecular complexity index is 910. The third-order valence-electron chi connectivity index (χ3n) is 5.85. The second-order valence-corrected chi connectivity index (χ2v) is 9.67. The van der Waals surface area contributed by atoms with Gasteiger partial charge in [0.25, 0.3) is 0 Å². The lowest BCUT2D eigenvalue weighted by molar-refractivity contribution is -0.125. The SMILES string of the molecule is CCN(CC)S(=O)(=O)c1ccc2c(c1)C[C@H](C(=O)NCCN1CCOCC1)N2C(C)=O. The van der Waals surface area contributed by atoms with Gasteiger partial charge in [-0.05, 0) is 23.8 Å². The standard InChI is InChI=1S/C21H32N4O5S/c1-4-24(5-2)31(28,29)18-6-7-19-17(14-18)15-20(25(19)16(3)26)21(27)22-8-9-23-10-12-30-13-11-23/h6-7,14,20H,4-5,8-13,15H2,1-3H3,(H,22,27)/t20-/m1/s1. The van der Waals surface area contributed by atoms with Crippen molar-refractivity contribution in [2.75, 3.05) is 57.4 Å². The summed E-state index contributed by atoms with van der Waals surface area (Å²) in [7, 11) is -3.61. The van der Waals surface area contributed by atoms with Gasteiger partial charge in [0.15, 0.2) is 0 Å². The molecule has 0 radical (unpaired) electrons. The number of nitrogens with zero attached hydrogens (tertiary/aromatic N) is 3. The molecule has 0 aromatic heterocycles. The minimum Gasteiger partial charge on any atom is -0.379 e. The van der Waals surface area contributed by atoms with Crippen molar-refractivity contribution in [1.82, 2.24) is 14.5 Å². The zero-order valence-electron chi connectivity index (χ0n) is 18.5. The fraction of sp³-hybridized carbons (Fsp3) is 0.619. The first-order valence-corrected chi connectivity index (χ1v) is 12.2. The zero-order valence-corrected chi connectivity index (χ0v) is 19.3. The fourth-order valence-corrected chi connectivity index (χ4v) is 5.69. The average molecular weight is 453 g/mol. The molecule has 0 saturated carbocycles. The maximum Gasteiger partial charge on any atom is 0.243 e. The number of fused-ring (bicyclic) bond motifs is 1. The molecule has 1 aromatic rings. The lowest BCUT2D eigenvalue weighted by atomic mass is 10.1. The van der Waals surface area contributed by atoms with Crippen LogP contribution < -0.4 is 10.2 Å². The quantitative estimate of drug-likeness (QED) is 0.615. The number of ether oxygens (including phenoxy) is 1. The maximum absolute atomic E-state index is 12.9. The molecule has 0 spiro atoms. The van der Waals surface area contributed by atoms with Gasteiger partial charge in [-0.15, -0.1) is 0 Å². The van der Waals surface area contributed by atoms with Gasteiger partial charge in [0, 0.05) is 58.3 Å². The molecule has 3 rings (SSSR count). The van der Waals surface area contributed by atoms with E-state index < -0.39 is 16.1 Å². The van der Waals surface area contributed by atoms with E-state index in [0.29, 0.717) is 50.5 Å². The Labute approximate surface area is 184 Å². The lowest BCUT2D eigenvalue weighted by Gasteiger charge is -2.27. The van der Waals surface area contributed by atoms with Crippen LogP contribution in [0, 0.1) is 0 Å². The molecule has 9 nitrogen and oxygen atoms in total. The van der Waals surface area contributed by atoms with E-state index in [4.69, 9.17) is 4.74 Å². The topological polar surface area (TPSA) is 99.3 Å². The van der Waals surface area contributed by atoms with Crippen molar-refractivity contribution in [2.24, 2.45) is 0 Å². The van der Waals surface area contributed by atoms with E-state index in [2.05, 4.69) is 10.2 Å². The van der Waals surface area contributed by atoms with Crippen LogP contribution >= 0.6 is 0 Å². The molecule has 2 aliphatic heterocycles. The van der Waals surface area contributed by atoms with Crippen LogP contribution in [0.5, 0.6) is 0 Å². The van der Waals surface area contributed by atoms with Crippen LogP contribution in [0.3, 0.4) is 0 Å². The summed E-state index contributed by atoms with van der Waals surface area (Å²) in [5, 5.41) is 2.93. The third-order valence-corrected chi connectivity index (χ3v) is 7.90. The van der Waals surface area contributed by atoms with Crippen LogP contribution in [-0.2, 0) is 30.8 Å². The summed E-state index contributed by atoms with van der Waals surface area (Å²) in [6.07, 6.45) is 0.292. The summed E-state index contributed by atoms with van der Waals surface area (Å²) in [6.45, 7) is 10.1. The van der Waals surface area contributed by atoms with Crippen molar-refractivity contribution >= 4 is 27.5 Å². The summed E-state index contributed by atoms with van der Waals surface area (Å²) in [5.74, 6) is -0.473. The Morgan fingerprint density at radius 2 is 1.87 bits per heavy atom. The molecule has 10 heteroatoms. The van der Waals surface area contributed by atoms with Gasteiger partial charge in [-0.3, -0.25) is 19.4 Å². The molecule has 2 heterocycles. The number of carbonyl (C=O) groups excluding carboxylic acids is 2. The van der Waals surface area contributed by atoms with Gasteiger partial charge >= 0.3 is 0 Å². The van der Waals surface area contributed by atoms with Gasteiger partial charge in [-0.2, -0.15) is 4.31 Å². The van der Waals surface area contributed by atoms with Crippen LogP contribution in [0.4, 0.5) is 5.69 Å². The first-order chi connectivity index (χ1) is 14.8. The molecule has 31 heavy (non-hydrogen) atoms. The number of sulfonamides is 1. The zero-order chi connectivity index (χ0) is 22.6. The van der Waals surface area contributed by atoms with Crippen molar-refractivity contribution in [3.8, 4) is 0 Å². The summed E-state index contributed by atoms with van der Waals surface area (Å²) in [5.41, 5.74) is 1.29. The van der Waals surface area contributed by atoms with Crippen molar-refractivity contribution in [2.45, 2.75) is 38.1 Å². The minimum absolute atomic E-state index is 0.187. The maximum atomic E-state index is 12.9. The highest BCUT2D eigenvalue weighted by atomic mass is 32.2. The molecule has 0 bridgehead atoms. The molecular weight excluding hydrogens is 420 g/mol. The second-order valence-electron chi connectivity index (χ2n) is 7.73. The minimum atomic E-state index is -3.61. The second kappa shape index (κ2) is 10.1. The Kier molecular flexibility index (Phi) is 7.68. The summed E-state index contributed by atoms with van der Waals surface area (Å²) >= 11 is 0. The molecule has 1 aromatic carbocycles. The number of morpholine rings is 1. The highest BCUT2D eigenvalue weighted by Crippen LogP contribution is 2.34. The van der Waals surface area contributed by atoms with E-state index in [9.17, 15) is 18.0 Å². The normalized spacial score (nSPS) is 19.5. The highest BCUT2D eigenvalue weighted by molar-refractivity contribution is 7.89. The van der Waals surface area contributed by atoms with Crippen LogP contribution in [0.25, 0.3) is 0 Å². The molecule has 1 N–H and O–H groups in total. The number of hydrogen-bond acceptors (Lipinski definition) is 6. The molecule has 1 saturated heterocycles. The van der Waals surface area contributed by atoms with Gasteiger partial charge in [-0.1, -0.05) is 13.8 Å². The fourth-order valence-electron chi connectivity index (χ4n) is 4.18. The molecule has 1 fully saturated rings. The van der Waals surface area contributed by atoms with Gasteiger partial charge in [0.1, 0.15) is 6.04 Å². The number of rotatable bonds is 8. The molecule has 2 amide bonds. The smallest absolute Gasteiger partial charge is 0.243 e. The van der Waals surface area contributed by atoms with E-state index in [1.54, 1.807) is 26.0 Å². The molecule has 172 valence electrons. The van der Waals surface area contributed by atoms with E-state index in [0.717, 1.165) is 19.6 Å². The monoisotopic (exact) mass is 452 g/mol. The van der Waals surface area contributed by atoms with E-state index in [1.807, 2.05) is 0 Å². The van der Waals surface area contributed by atoms with Crippen molar-refractivity contribution < 1.29 is 22.7 Å². The van der Waals surface area contributed by atoms with Gasteiger partial charge in [0.2, 0.25) is 21.8 Å².